The molecule has 7 heteroatoms. The van der Waals surface area contributed by atoms with Gasteiger partial charge >= 0.3 is 0 Å². The van der Waals surface area contributed by atoms with E-state index < -0.39 is 0 Å². The van der Waals surface area contributed by atoms with Crippen molar-refractivity contribution in [2.45, 2.75) is 0 Å². The molecule has 1 saturated heterocycles. The summed E-state index contributed by atoms with van der Waals surface area (Å²) in [7, 11) is 0. The minimum atomic E-state index is -0.218. The van der Waals surface area contributed by atoms with Crippen LogP contribution in [-0.4, -0.2) is 49.5 Å². The number of ether oxygens (including phenoxy) is 1. The number of benzene rings is 4. The molecule has 0 aliphatic carbocycles. The van der Waals surface area contributed by atoms with Crippen LogP contribution in [0.4, 0.5) is 11.4 Å². The van der Waals surface area contributed by atoms with Crippen LogP contribution in [0, 0.1) is 0 Å². The van der Waals surface area contributed by atoms with Crippen LogP contribution in [-0.2, 0) is 4.79 Å². The minimum Gasteiger partial charge on any atom is -0.483 e. The van der Waals surface area contributed by atoms with Crippen molar-refractivity contribution in [3.63, 3.8) is 0 Å². The number of hydrogen-bond acceptors (Lipinski definition) is 4. The molecule has 0 atom stereocenters. The highest BCUT2D eigenvalue weighted by Crippen LogP contribution is 2.25. The first-order valence-corrected chi connectivity index (χ1v) is 12.2. The van der Waals surface area contributed by atoms with E-state index in [1.165, 1.54) is 0 Å². The van der Waals surface area contributed by atoms with E-state index in [-0.39, 0.29) is 18.4 Å². The molecule has 1 aliphatic rings. The Morgan fingerprint density at radius 2 is 1.50 bits per heavy atom. The summed E-state index contributed by atoms with van der Waals surface area (Å²) >= 11 is 5.93. The fourth-order valence-electron chi connectivity index (χ4n) is 4.36. The zero-order chi connectivity index (χ0) is 24.9. The van der Waals surface area contributed by atoms with E-state index in [1.54, 1.807) is 24.3 Å². The fourth-order valence-corrected chi connectivity index (χ4v) is 4.49. The number of halogens is 1. The maximum atomic E-state index is 12.7. The van der Waals surface area contributed by atoms with Crippen LogP contribution >= 0.6 is 11.6 Å². The summed E-state index contributed by atoms with van der Waals surface area (Å²) in [6, 6.07) is 28.5. The summed E-state index contributed by atoms with van der Waals surface area (Å²) in [5, 5.41) is 5.56. The zero-order valence-corrected chi connectivity index (χ0v) is 20.4. The minimum absolute atomic E-state index is 0.0232. The Bertz CT molecular complexity index is 1360. The summed E-state index contributed by atoms with van der Waals surface area (Å²) in [6.45, 7) is 2.70. The molecule has 4 aromatic carbocycles. The molecule has 0 aromatic heterocycles. The summed E-state index contributed by atoms with van der Waals surface area (Å²) in [5.74, 6) is 0.493. The van der Waals surface area contributed by atoms with E-state index in [0.29, 0.717) is 35.1 Å². The third kappa shape index (κ3) is 5.44. The highest BCUT2D eigenvalue weighted by atomic mass is 35.5. The Balaban J connectivity index is 1.12. The number of rotatable bonds is 6. The number of carbonyl (C=O) groups is 2. The van der Waals surface area contributed by atoms with Gasteiger partial charge in [-0.1, -0.05) is 48.0 Å². The number of piperazine rings is 1. The molecule has 2 amide bonds. The van der Waals surface area contributed by atoms with Gasteiger partial charge in [0.2, 0.25) is 0 Å². The molecule has 0 bridgehead atoms. The molecule has 1 N–H and O–H groups in total. The van der Waals surface area contributed by atoms with Gasteiger partial charge in [-0.2, -0.15) is 0 Å². The maximum absolute atomic E-state index is 12.7. The molecule has 0 spiro atoms. The van der Waals surface area contributed by atoms with Crippen molar-refractivity contribution >= 4 is 45.6 Å². The molecule has 4 aromatic rings. The summed E-state index contributed by atoms with van der Waals surface area (Å²) in [4.78, 5) is 29.3. The first kappa shape index (κ1) is 23.7. The normalized spacial score (nSPS) is 13.5. The van der Waals surface area contributed by atoms with E-state index >= 15 is 0 Å². The van der Waals surface area contributed by atoms with Crippen molar-refractivity contribution in [3.8, 4) is 5.75 Å². The third-order valence-electron chi connectivity index (χ3n) is 6.28. The maximum Gasteiger partial charge on any atom is 0.262 e. The predicted octanol–water partition coefficient (Wildman–Crippen LogP) is 5.47. The molecule has 0 unspecified atom stereocenters. The van der Waals surface area contributed by atoms with Crippen LogP contribution in [0.3, 0.4) is 0 Å². The average molecular weight is 500 g/mol. The number of amides is 2. The van der Waals surface area contributed by atoms with E-state index in [0.717, 1.165) is 29.5 Å². The number of anilines is 2. The number of nitrogens with one attached hydrogen (secondary N) is 1. The second kappa shape index (κ2) is 10.7. The summed E-state index contributed by atoms with van der Waals surface area (Å²) < 4.78 is 5.78. The summed E-state index contributed by atoms with van der Waals surface area (Å²) in [5.41, 5.74) is 2.41. The monoisotopic (exact) mass is 499 g/mol. The first-order valence-electron chi connectivity index (χ1n) is 11.9. The lowest BCUT2D eigenvalue weighted by molar-refractivity contribution is -0.118. The second-order valence-corrected chi connectivity index (χ2v) is 9.08. The molecular weight excluding hydrogens is 474 g/mol. The molecule has 1 aliphatic heterocycles. The molecule has 6 nitrogen and oxygen atoms in total. The van der Waals surface area contributed by atoms with Crippen molar-refractivity contribution in [1.29, 1.82) is 0 Å². The van der Waals surface area contributed by atoms with Gasteiger partial charge in [0.15, 0.2) is 6.61 Å². The largest absolute Gasteiger partial charge is 0.483 e. The number of carbonyl (C=O) groups excluding carboxylic acids is 2. The molecule has 0 radical (unpaired) electrons. The van der Waals surface area contributed by atoms with Crippen LogP contribution in [0.5, 0.6) is 5.75 Å². The van der Waals surface area contributed by atoms with Crippen LogP contribution < -0.4 is 15.0 Å². The van der Waals surface area contributed by atoms with Crippen molar-refractivity contribution < 1.29 is 14.3 Å². The van der Waals surface area contributed by atoms with Crippen molar-refractivity contribution in [2.75, 3.05) is 43.0 Å². The molecule has 36 heavy (non-hydrogen) atoms. The van der Waals surface area contributed by atoms with Gasteiger partial charge in [-0.25, -0.2) is 0 Å². The fraction of sp³-hybridized carbons (Fsp3) is 0.172. The van der Waals surface area contributed by atoms with Crippen molar-refractivity contribution in [3.05, 3.63) is 102 Å². The third-order valence-corrected chi connectivity index (χ3v) is 6.53. The smallest absolute Gasteiger partial charge is 0.262 e. The van der Waals surface area contributed by atoms with Gasteiger partial charge in [-0.15, -0.1) is 0 Å². The Labute approximate surface area is 215 Å². The SMILES string of the molecule is O=C(COc1cccc2ccccc12)Nc1ccc(N2CCN(C(=O)c3ccc(Cl)cc3)CC2)cc1. The lowest BCUT2D eigenvalue weighted by Crippen LogP contribution is -2.48. The van der Waals surface area contributed by atoms with Gasteiger partial charge in [0.1, 0.15) is 5.75 Å². The number of nitrogens with zero attached hydrogens (tertiary/aromatic N) is 2. The molecule has 1 fully saturated rings. The van der Waals surface area contributed by atoms with E-state index in [2.05, 4.69) is 10.2 Å². The predicted molar refractivity (Wildman–Crippen MR) is 144 cm³/mol. The molecule has 182 valence electrons. The van der Waals surface area contributed by atoms with Crippen LogP contribution in [0.15, 0.2) is 91.0 Å². The lowest BCUT2D eigenvalue weighted by Gasteiger charge is -2.36. The average Bonchev–Trinajstić information content (AvgIpc) is 2.92. The van der Waals surface area contributed by atoms with Crippen molar-refractivity contribution in [2.24, 2.45) is 0 Å². The highest BCUT2D eigenvalue weighted by Gasteiger charge is 2.22. The topological polar surface area (TPSA) is 61.9 Å². The second-order valence-electron chi connectivity index (χ2n) is 8.65. The van der Waals surface area contributed by atoms with Crippen molar-refractivity contribution in [1.82, 2.24) is 4.90 Å². The van der Waals surface area contributed by atoms with Crippen LogP contribution in [0.2, 0.25) is 5.02 Å². The van der Waals surface area contributed by atoms with Crippen LogP contribution in [0.25, 0.3) is 10.8 Å². The van der Waals surface area contributed by atoms with E-state index in [9.17, 15) is 9.59 Å². The zero-order valence-electron chi connectivity index (χ0n) is 19.7. The quantitative estimate of drug-likeness (QED) is 0.382. The Kier molecular flexibility index (Phi) is 7.05. The standard InChI is InChI=1S/C29H26ClN3O3/c30-23-10-8-22(9-11-23)29(35)33-18-16-32(17-19-33)25-14-12-24(13-15-25)31-28(34)20-36-27-7-3-5-21-4-1-2-6-26(21)27/h1-15H,16-20H2,(H,31,34). The van der Waals surface area contributed by atoms with E-state index in [1.807, 2.05) is 71.6 Å². The van der Waals surface area contributed by atoms with Gasteiger partial charge in [-0.3, -0.25) is 9.59 Å². The lowest BCUT2D eigenvalue weighted by atomic mass is 10.1. The Hall–Kier alpha value is -4.03. The Morgan fingerprint density at radius 3 is 2.25 bits per heavy atom. The van der Waals surface area contributed by atoms with Gasteiger partial charge in [0, 0.05) is 53.5 Å². The van der Waals surface area contributed by atoms with Crippen LogP contribution in [0.1, 0.15) is 10.4 Å². The van der Waals surface area contributed by atoms with Gasteiger partial charge in [0.25, 0.3) is 11.8 Å². The summed E-state index contributed by atoms with van der Waals surface area (Å²) in [6.07, 6.45) is 0. The molecule has 0 saturated carbocycles. The first-order chi connectivity index (χ1) is 17.6. The molecule has 1 heterocycles. The number of hydrogen-bond donors (Lipinski definition) is 1. The number of fused-ring (bicyclic) bond motifs is 1. The Morgan fingerprint density at radius 1 is 0.806 bits per heavy atom. The highest BCUT2D eigenvalue weighted by molar-refractivity contribution is 6.30. The van der Waals surface area contributed by atoms with Gasteiger partial charge in [-0.05, 0) is 60.0 Å². The van der Waals surface area contributed by atoms with Gasteiger partial charge in [0.05, 0.1) is 0 Å². The molecule has 5 rings (SSSR count). The van der Waals surface area contributed by atoms with E-state index in [4.69, 9.17) is 16.3 Å². The van der Waals surface area contributed by atoms with Gasteiger partial charge < -0.3 is 19.9 Å². The molecular formula is C29H26ClN3O3.